The van der Waals surface area contributed by atoms with Gasteiger partial charge >= 0.3 is 0 Å². The van der Waals surface area contributed by atoms with E-state index in [-0.39, 0.29) is 12.5 Å². The van der Waals surface area contributed by atoms with E-state index in [1.54, 1.807) is 31.2 Å². The number of benzene rings is 1. The molecule has 17 heavy (non-hydrogen) atoms. The van der Waals surface area contributed by atoms with Crippen molar-refractivity contribution < 1.29 is 14.6 Å². The van der Waals surface area contributed by atoms with Gasteiger partial charge in [0.15, 0.2) is 0 Å². The number of carbonyl (C=O) groups excluding carboxylic acids is 1. The molecule has 1 rings (SSSR count). The SMILES string of the molecule is C/C=C/C(=O)Nc1ccc(OCC)c(CO)c1. The molecule has 1 amide bonds. The van der Waals surface area contributed by atoms with Gasteiger partial charge in [-0.25, -0.2) is 0 Å². The maximum absolute atomic E-state index is 11.3. The largest absolute Gasteiger partial charge is 0.494 e. The molecular formula is C13H17NO3. The van der Waals surface area contributed by atoms with E-state index in [4.69, 9.17) is 4.74 Å². The number of aliphatic hydroxyl groups is 1. The van der Waals surface area contributed by atoms with Crippen LogP contribution >= 0.6 is 0 Å². The molecule has 0 unspecified atom stereocenters. The van der Waals surface area contributed by atoms with Crippen LogP contribution in [0, 0.1) is 0 Å². The second kappa shape index (κ2) is 6.70. The smallest absolute Gasteiger partial charge is 0.248 e. The monoisotopic (exact) mass is 235 g/mol. The van der Waals surface area contributed by atoms with Gasteiger partial charge in [-0.15, -0.1) is 0 Å². The fraction of sp³-hybridized carbons (Fsp3) is 0.308. The molecular weight excluding hydrogens is 218 g/mol. The van der Waals surface area contributed by atoms with Crippen molar-refractivity contribution in [2.75, 3.05) is 11.9 Å². The van der Waals surface area contributed by atoms with Crippen LogP contribution in [-0.4, -0.2) is 17.6 Å². The molecule has 4 heteroatoms. The van der Waals surface area contributed by atoms with E-state index in [1.807, 2.05) is 6.92 Å². The Balaban J connectivity index is 2.85. The van der Waals surface area contributed by atoms with Crippen LogP contribution in [0.25, 0.3) is 0 Å². The molecule has 92 valence electrons. The second-order valence-corrected chi connectivity index (χ2v) is 3.40. The third-order valence-corrected chi connectivity index (χ3v) is 2.12. The summed E-state index contributed by atoms with van der Waals surface area (Å²) in [6.45, 7) is 4.07. The van der Waals surface area contributed by atoms with Crippen molar-refractivity contribution in [3.8, 4) is 5.75 Å². The number of aliphatic hydroxyl groups excluding tert-OH is 1. The zero-order valence-corrected chi connectivity index (χ0v) is 10.1. The minimum atomic E-state index is -0.194. The third kappa shape index (κ3) is 3.92. The summed E-state index contributed by atoms with van der Waals surface area (Å²) in [5.74, 6) is 0.444. The summed E-state index contributed by atoms with van der Waals surface area (Å²) >= 11 is 0. The summed E-state index contributed by atoms with van der Waals surface area (Å²) in [4.78, 5) is 11.3. The van der Waals surface area contributed by atoms with E-state index >= 15 is 0 Å². The minimum Gasteiger partial charge on any atom is -0.494 e. The second-order valence-electron chi connectivity index (χ2n) is 3.40. The number of anilines is 1. The number of amides is 1. The predicted molar refractivity (Wildman–Crippen MR) is 67.0 cm³/mol. The Morgan fingerprint density at radius 2 is 2.29 bits per heavy atom. The Hall–Kier alpha value is -1.81. The number of ether oxygens (including phenoxy) is 1. The number of allylic oxidation sites excluding steroid dienone is 1. The molecule has 1 aromatic carbocycles. The van der Waals surface area contributed by atoms with Gasteiger partial charge in [0.1, 0.15) is 5.75 Å². The molecule has 0 fully saturated rings. The summed E-state index contributed by atoms with van der Waals surface area (Å²) < 4.78 is 5.35. The number of hydrogen-bond donors (Lipinski definition) is 2. The van der Waals surface area contributed by atoms with Crippen molar-refractivity contribution in [3.05, 3.63) is 35.9 Å². The standard InChI is InChI=1S/C13H17NO3/c1-3-5-13(16)14-11-6-7-12(17-4-2)10(8-11)9-15/h3,5-8,15H,4,9H2,1-2H3,(H,14,16)/b5-3+. The zero-order chi connectivity index (χ0) is 12.7. The molecule has 0 aliphatic carbocycles. The molecule has 0 bridgehead atoms. The molecule has 0 saturated carbocycles. The zero-order valence-electron chi connectivity index (χ0n) is 10.1. The minimum absolute atomic E-state index is 0.122. The molecule has 0 spiro atoms. The van der Waals surface area contributed by atoms with Gasteiger partial charge < -0.3 is 15.2 Å². The van der Waals surface area contributed by atoms with Crippen molar-refractivity contribution in [1.29, 1.82) is 0 Å². The molecule has 4 nitrogen and oxygen atoms in total. The number of nitrogens with one attached hydrogen (secondary N) is 1. The number of rotatable bonds is 5. The van der Waals surface area contributed by atoms with Gasteiger partial charge in [-0.1, -0.05) is 6.08 Å². The highest BCUT2D eigenvalue weighted by Gasteiger charge is 2.05. The van der Waals surface area contributed by atoms with Crippen LogP contribution in [-0.2, 0) is 11.4 Å². The van der Waals surface area contributed by atoms with Crippen molar-refractivity contribution >= 4 is 11.6 Å². The van der Waals surface area contributed by atoms with Gasteiger partial charge in [0, 0.05) is 11.3 Å². The topological polar surface area (TPSA) is 58.6 Å². The van der Waals surface area contributed by atoms with Gasteiger partial charge in [-0.2, -0.15) is 0 Å². The van der Waals surface area contributed by atoms with E-state index in [9.17, 15) is 9.90 Å². The first-order chi connectivity index (χ1) is 8.21. The van der Waals surface area contributed by atoms with Gasteiger partial charge in [0.05, 0.1) is 13.2 Å². The first-order valence-corrected chi connectivity index (χ1v) is 5.51. The third-order valence-electron chi connectivity index (χ3n) is 2.12. The average Bonchev–Trinajstić information content (AvgIpc) is 2.31. The molecule has 0 aromatic heterocycles. The van der Waals surface area contributed by atoms with Crippen LogP contribution in [0.4, 0.5) is 5.69 Å². The molecule has 0 saturated heterocycles. The van der Waals surface area contributed by atoms with E-state index in [0.29, 0.717) is 23.6 Å². The molecule has 0 aliphatic heterocycles. The van der Waals surface area contributed by atoms with E-state index in [0.717, 1.165) is 0 Å². The predicted octanol–water partition coefficient (Wildman–Crippen LogP) is 2.09. The van der Waals surface area contributed by atoms with E-state index < -0.39 is 0 Å². The van der Waals surface area contributed by atoms with Gasteiger partial charge in [0.2, 0.25) is 5.91 Å². The lowest BCUT2D eigenvalue weighted by Gasteiger charge is -2.10. The maximum atomic E-state index is 11.3. The lowest BCUT2D eigenvalue weighted by molar-refractivity contribution is -0.111. The van der Waals surface area contributed by atoms with Crippen LogP contribution in [0.5, 0.6) is 5.75 Å². The fourth-order valence-corrected chi connectivity index (χ4v) is 1.41. The van der Waals surface area contributed by atoms with Crippen molar-refractivity contribution in [2.45, 2.75) is 20.5 Å². The van der Waals surface area contributed by atoms with E-state index in [2.05, 4.69) is 5.32 Å². The molecule has 2 N–H and O–H groups in total. The molecule has 0 heterocycles. The summed E-state index contributed by atoms with van der Waals surface area (Å²) in [5, 5.41) is 11.9. The Morgan fingerprint density at radius 3 is 2.88 bits per heavy atom. The summed E-state index contributed by atoms with van der Waals surface area (Å²) in [7, 11) is 0. The highest BCUT2D eigenvalue weighted by atomic mass is 16.5. The first-order valence-electron chi connectivity index (χ1n) is 5.51. The quantitative estimate of drug-likeness (QED) is 0.768. The van der Waals surface area contributed by atoms with Crippen LogP contribution in [0.2, 0.25) is 0 Å². The van der Waals surface area contributed by atoms with Crippen molar-refractivity contribution in [2.24, 2.45) is 0 Å². The number of carbonyl (C=O) groups is 1. The van der Waals surface area contributed by atoms with Crippen LogP contribution in [0.15, 0.2) is 30.4 Å². The normalized spacial score (nSPS) is 10.5. The highest BCUT2D eigenvalue weighted by molar-refractivity contribution is 5.99. The van der Waals surface area contributed by atoms with Crippen LogP contribution in [0.3, 0.4) is 0 Å². The Morgan fingerprint density at radius 1 is 1.53 bits per heavy atom. The summed E-state index contributed by atoms with van der Waals surface area (Å²) in [5.41, 5.74) is 1.30. The lowest BCUT2D eigenvalue weighted by Crippen LogP contribution is -2.08. The van der Waals surface area contributed by atoms with Crippen LogP contribution < -0.4 is 10.1 Å². The van der Waals surface area contributed by atoms with Gasteiger partial charge in [0.25, 0.3) is 0 Å². The molecule has 1 aromatic rings. The maximum Gasteiger partial charge on any atom is 0.248 e. The van der Waals surface area contributed by atoms with Crippen LogP contribution in [0.1, 0.15) is 19.4 Å². The molecule has 0 aliphatic rings. The lowest BCUT2D eigenvalue weighted by atomic mass is 10.2. The van der Waals surface area contributed by atoms with E-state index in [1.165, 1.54) is 6.08 Å². The Bertz CT molecular complexity index is 413. The van der Waals surface area contributed by atoms with Gasteiger partial charge in [-0.3, -0.25) is 4.79 Å². The first kappa shape index (κ1) is 13.3. The molecule has 0 radical (unpaired) electrons. The number of hydrogen-bond acceptors (Lipinski definition) is 3. The summed E-state index contributed by atoms with van der Waals surface area (Å²) in [6.07, 6.45) is 3.10. The van der Waals surface area contributed by atoms with Gasteiger partial charge in [-0.05, 0) is 38.1 Å². The highest BCUT2D eigenvalue weighted by Crippen LogP contribution is 2.23. The van der Waals surface area contributed by atoms with Crippen molar-refractivity contribution in [3.63, 3.8) is 0 Å². The Labute approximate surface area is 101 Å². The molecule has 0 atom stereocenters. The van der Waals surface area contributed by atoms with Crippen molar-refractivity contribution in [1.82, 2.24) is 0 Å². The fourth-order valence-electron chi connectivity index (χ4n) is 1.41. The average molecular weight is 235 g/mol. The Kier molecular flexibility index (Phi) is 5.23. The summed E-state index contributed by atoms with van der Waals surface area (Å²) in [6, 6.07) is 5.18.